The maximum absolute atomic E-state index is 11.8. The van der Waals surface area contributed by atoms with Gasteiger partial charge in [0.2, 0.25) is 0 Å². The zero-order chi connectivity index (χ0) is 11.1. The Morgan fingerprint density at radius 3 is 2.88 bits per heavy atom. The Morgan fingerprint density at radius 1 is 1.31 bits per heavy atom. The summed E-state index contributed by atoms with van der Waals surface area (Å²) in [5, 5.41) is 2.79. The number of fused-ring (bicyclic) bond motifs is 1. The zero-order valence-corrected chi connectivity index (χ0v) is 8.49. The standard InChI is InChI=1S/C12H10N2O2/c13-7-5-10(16-6-7)11-8-3-1-2-4-9(8)14-12(11)15/h1-5H,6,13H2,(H,14,15)/b11-10+. The van der Waals surface area contributed by atoms with Crippen LogP contribution in [0.1, 0.15) is 5.56 Å². The van der Waals surface area contributed by atoms with E-state index in [0.717, 1.165) is 11.3 Å². The van der Waals surface area contributed by atoms with E-state index in [-0.39, 0.29) is 5.91 Å². The van der Waals surface area contributed by atoms with Crippen LogP contribution in [0.25, 0.3) is 5.57 Å². The molecule has 1 aromatic rings. The molecule has 4 nitrogen and oxygen atoms in total. The van der Waals surface area contributed by atoms with E-state index in [1.807, 2.05) is 24.3 Å². The first-order chi connectivity index (χ1) is 7.75. The summed E-state index contributed by atoms with van der Waals surface area (Å²) in [7, 11) is 0. The van der Waals surface area contributed by atoms with Crippen LogP contribution in [0.4, 0.5) is 5.69 Å². The lowest BCUT2D eigenvalue weighted by Gasteiger charge is -2.01. The Bertz CT molecular complexity index is 544. The summed E-state index contributed by atoms with van der Waals surface area (Å²) in [6.45, 7) is 0.355. The maximum Gasteiger partial charge on any atom is 0.260 e. The second kappa shape index (κ2) is 3.13. The largest absolute Gasteiger partial charge is 0.486 e. The molecule has 3 rings (SSSR count). The number of ether oxygens (including phenoxy) is 1. The fourth-order valence-electron chi connectivity index (χ4n) is 1.92. The van der Waals surface area contributed by atoms with Crippen molar-refractivity contribution in [3.63, 3.8) is 0 Å². The molecular formula is C12H10N2O2. The van der Waals surface area contributed by atoms with Crippen molar-refractivity contribution in [3.05, 3.63) is 47.4 Å². The predicted molar refractivity (Wildman–Crippen MR) is 60.2 cm³/mol. The van der Waals surface area contributed by atoms with Gasteiger partial charge in [0.1, 0.15) is 12.4 Å². The third-order valence-corrected chi connectivity index (χ3v) is 2.63. The van der Waals surface area contributed by atoms with Gasteiger partial charge in [-0.3, -0.25) is 4.79 Å². The molecule has 1 amide bonds. The van der Waals surface area contributed by atoms with Crippen molar-refractivity contribution in [1.29, 1.82) is 0 Å². The van der Waals surface area contributed by atoms with Gasteiger partial charge >= 0.3 is 0 Å². The molecule has 0 aromatic heterocycles. The van der Waals surface area contributed by atoms with Gasteiger partial charge in [0.05, 0.1) is 5.57 Å². The number of amides is 1. The van der Waals surface area contributed by atoms with Gasteiger partial charge in [0, 0.05) is 23.0 Å². The van der Waals surface area contributed by atoms with E-state index in [2.05, 4.69) is 5.32 Å². The van der Waals surface area contributed by atoms with E-state index < -0.39 is 0 Å². The number of rotatable bonds is 0. The molecule has 0 aliphatic carbocycles. The molecule has 1 aromatic carbocycles. The topological polar surface area (TPSA) is 64.4 Å². The molecule has 80 valence electrons. The smallest absolute Gasteiger partial charge is 0.260 e. The fraction of sp³-hybridized carbons (Fsp3) is 0.0833. The molecule has 0 unspecified atom stereocenters. The first-order valence-corrected chi connectivity index (χ1v) is 4.99. The summed E-state index contributed by atoms with van der Waals surface area (Å²) in [6, 6.07) is 7.53. The van der Waals surface area contributed by atoms with Gasteiger partial charge in [0.15, 0.2) is 0 Å². The van der Waals surface area contributed by atoms with Crippen LogP contribution in [0.15, 0.2) is 41.8 Å². The molecule has 16 heavy (non-hydrogen) atoms. The second-order valence-corrected chi connectivity index (χ2v) is 3.75. The van der Waals surface area contributed by atoms with Crippen molar-refractivity contribution in [2.24, 2.45) is 5.73 Å². The number of hydrogen-bond donors (Lipinski definition) is 2. The van der Waals surface area contributed by atoms with E-state index in [1.54, 1.807) is 6.08 Å². The van der Waals surface area contributed by atoms with Crippen LogP contribution < -0.4 is 11.1 Å². The number of hydrogen-bond acceptors (Lipinski definition) is 3. The summed E-state index contributed by atoms with van der Waals surface area (Å²) >= 11 is 0. The van der Waals surface area contributed by atoms with Gasteiger partial charge in [-0.2, -0.15) is 0 Å². The minimum absolute atomic E-state index is 0.137. The van der Waals surface area contributed by atoms with Crippen LogP contribution in [0.5, 0.6) is 0 Å². The highest BCUT2D eigenvalue weighted by atomic mass is 16.5. The number of benzene rings is 1. The maximum atomic E-state index is 11.8. The SMILES string of the molecule is NC1=C/C(=C2\C(=O)Nc3ccccc32)OC1. The molecule has 0 saturated carbocycles. The summed E-state index contributed by atoms with van der Waals surface area (Å²) in [5.74, 6) is 0.419. The second-order valence-electron chi connectivity index (χ2n) is 3.75. The number of anilines is 1. The Balaban J connectivity index is 2.19. The van der Waals surface area contributed by atoms with E-state index in [4.69, 9.17) is 10.5 Å². The Kier molecular flexibility index (Phi) is 1.77. The van der Waals surface area contributed by atoms with Crippen LogP contribution in [0.2, 0.25) is 0 Å². The van der Waals surface area contributed by atoms with Crippen LogP contribution >= 0.6 is 0 Å². The first kappa shape index (κ1) is 9.03. The van der Waals surface area contributed by atoms with Gasteiger partial charge in [0.25, 0.3) is 5.91 Å². The van der Waals surface area contributed by atoms with Crippen LogP contribution in [-0.2, 0) is 9.53 Å². The van der Waals surface area contributed by atoms with E-state index in [9.17, 15) is 4.79 Å². The highest BCUT2D eigenvalue weighted by molar-refractivity contribution is 6.32. The average Bonchev–Trinajstić information content (AvgIpc) is 2.80. The van der Waals surface area contributed by atoms with Gasteiger partial charge in [-0.1, -0.05) is 18.2 Å². The lowest BCUT2D eigenvalue weighted by atomic mass is 10.1. The van der Waals surface area contributed by atoms with Crippen molar-refractivity contribution < 1.29 is 9.53 Å². The van der Waals surface area contributed by atoms with Crippen molar-refractivity contribution in [2.75, 3.05) is 11.9 Å². The quantitative estimate of drug-likeness (QED) is 0.638. The normalized spacial score (nSPS) is 22.5. The minimum Gasteiger partial charge on any atom is -0.486 e. The van der Waals surface area contributed by atoms with Crippen molar-refractivity contribution in [2.45, 2.75) is 0 Å². The molecule has 0 spiro atoms. The molecule has 2 aliphatic heterocycles. The van der Waals surface area contributed by atoms with E-state index in [1.165, 1.54) is 0 Å². The van der Waals surface area contributed by atoms with E-state index >= 15 is 0 Å². The molecular weight excluding hydrogens is 204 g/mol. The van der Waals surface area contributed by atoms with Gasteiger partial charge in [-0.15, -0.1) is 0 Å². The van der Waals surface area contributed by atoms with Crippen LogP contribution in [-0.4, -0.2) is 12.5 Å². The number of carbonyl (C=O) groups excluding carboxylic acids is 1. The number of nitrogens with two attached hydrogens (primary N) is 1. The minimum atomic E-state index is -0.137. The van der Waals surface area contributed by atoms with Crippen molar-refractivity contribution in [1.82, 2.24) is 0 Å². The Morgan fingerprint density at radius 2 is 2.12 bits per heavy atom. The van der Waals surface area contributed by atoms with Gasteiger partial charge < -0.3 is 15.8 Å². The van der Waals surface area contributed by atoms with Crippen LogP contribution in [0, 0.1) is 0 Å². The third kappa shape index (κ3) is 1.20. The highest BCUT2D eigenvalue weighted by Gasteiger charge is 2.28. The zero-order valence-electron chi connectivity index (χ0n) is 8.49. The molecule has 3 N–H and O–H groups in total. The van der Waals surface area contributed by atoms with E-state index in [0.29, 0.717) is 23.6 Å². The summed E-state index contributed by atoms with van der Waals surface area (Å²) in [5.41, 5.74) is 8.52. The Labute approximate surface area is 92.4 Å². The van der Waals surface area contributed by atoms with Crippen molar-refractivity contribution in [3.8, 4) is 0 Å². The molecule has 0 radical (unpaired) electrons. The Hall–Kier alpha value is -2.23. The number of allylic oxidation sites excluding steroid dienone is 1. The monoisotopic (exact) mass is 214 g/mol. The number of carbonyl (C=O) groups is 1. The molecule has 0 fully saturated rings. The molecule has 2 aliphatic rings. The van der Waals surface area contributed by atoms with Gasteiger partial charge in [-0.05, 0) is 6.07 Å². The molecule has 4 heteroatoms. The summed E-state index contributed by atoms with van der Waals surface area (Å²) in [4.78, 5) is 11.8. The first-order valence-electron chi connectivity index (χ1n) is 4.99. The van der Waals surface area contributed by atoms with Gasteiger partial charge in [-0.25, -0.2) is 0 Å². The van der Waals surface area contributed by atoms with Crippen molar-refractivity contribution >= 4 is 17.2 Å². The average molecular weight is 214 g/mol. The number of nitrogens with one attached hydrogen (secondary N) is 1. The summed E-state index contributed by atoms with van der Waals surface area (Å²) in [6.07, 6.45) is 1.71. The lowest BCUT2D eigenvalue weighted by Crippen LogP contribution is -2.05. The third-order valence-electron chi connectivity index (χ3n) is 2.63. The molecule has 0 saturated heterocycles. The highest BCUT2D eigenvalue weighted by Crippen LogP contribution is 2.35. The summed E-state index contributed by atoms with van der Waals surface area (Å²) < 4.78 is 5.38. The number of para-hydroxylation sites is 1. The van der Waals surface area contributed by atoms with Crippen LogP contribution in [0.3, 0.4) is 0 Å². The predicted octanol–water partition coefficient (Wildman–Crippen LogP) is 1.22. The molecule has 0 atom stereocenters. The molecule has 0 bridgehead atoms. The fourth-order valence-corrected chi connectivity index (χ4v) is 1.92. The lowest BCUT2D eigenvalue weighted by molar-refractivity contribution is -0.110. The molecule has 2 heterocycles.